The van der Waals surface area contributed by atoms with Crippen molar-refractivity contribution in [3.8, 4) is 0 Å². The molecule has 1 rings (SSSR count). The number of hydrogen-bond donors (Lipinski definition) is 4. The molecule has 0 fully saturated rings. The van der Waals surface area contributed by atoms with Crippen molar-refractivity contribution in [1.82, 2.24) is 10.6 Å². The molecule has 0 bridgehead atoms. The van der Waals surface area contributed by atoms with Gasteiger partial charge in [-0.25, -0.2) is 4.79 Å². The summed E-state index contributed by atoms with van der Waals surface area (Å²) in [5.41, 5.74) is 0.828. The first-order valence-corrected chi connectivity index (χ1v) is 7.95. The first-order chi connectivity index (χ1) is 10.8. The Hall–Kier alpha value is -2.02. The Morgan fingerprint density at radius 2 is 1.74 bits per heavy atom. The van der Waals surface area contributed by atoms with E-state index in [0.29, 0.717) is 0 Å². The van der Waals surface area contributed by atoms with Crippen molar-refractivity contribution >= 4 is 30.4 Å². The van der Waals surface area contributed by atoms with Crippen LogP contribution >= 0.6 is 12.6 Å². The molecule has 0 saturated carbocycles. The summed E-state index contributed by atoms with van der Waals surface area (Å²) in [6.07, 6.45) is 0.144. The Morgan fingerprint density at radius 3 is 2.22 bits per heavy atom. The minimum absolute atomic E-state index is 0.0802. The SMILES string of the molecule is CC(C)C(NC(=O)C(CS)NC(=O)Cc1ccccc1)C(=O)O. The molecule has 0 heterocycles. The second-order valence-corrected chi connectivity index (χ2v) is 5.90. The van der Waals surface area contributed by atoms with E-state index in [1.165, 1.54) is 0 Å². The Labute approximate surface area is 141 Å². The smallest absolute Gasteiger partial charge is 0.326 e. The van der Waals surface area contributed by atoms with Gasteiger partial charge in [0.15, 0.2) is 0 Å². The third-order valence-electron chi connectivity index (χ3n) is 3.27. The van der Waals surface area contributed by atoms with E-state index in [9.17, 15) is 14.4 Å². The molecule has 0 aliphatic rings. The fraction of sp³-hybridized carbons (Fsp3) is 0.438. The van der Waals surface area contributed by atoms with Crippen LogP contribution in [0.3, 0.4) is 0 Å². The number of hydrogen-bond acceptors (Lipinski definition) is 4. The Bertz CT molecular complexity index is 548. The molecule has 0 aliphatic carbocycles. The fourth-order valence-corrected chi connectivity index (χ4v) is 2.25. The number of aliphatic carboxylic acids is 1. The van der Waals surface area contributed by atoms with Gasteiger partial charge in [-0.3, -0.25) is 9.59 Å². The summed E-state index contributed by atoms with van der Waals surface area (Å²) >= 11 is 4.06. The van der Waals surface area contributed by atoms with Gasteiger partial charge >= 0.3 is 5.97 Å². The van der Waals surface area contributed by atoms with Crippen molar-refractivity contribution in [2.75, 3.05) is 5.75 Å². The Balaban J connectivity index is 2.63. The van der Waals surface area contributed by atoms with Gasteiger partial charge in [0.05, 0.1) is 6.42 Å². The molecule has 2 atom stereocenters. The molecule has 7 heteroatoms. The summed E-state index contributed by atoms with van der Waals surface area (Å²) in [6.45, 7) is 3.39. The molecule has 23 heavy (non-hydrogen) atoms. The zero-order valence-electron chi connectivity index (χ0n) is 13.2. The average Bonchev–Trinajstić information content (AvgIpc) is 2.50. The highest BCUT2D eigenvalue weighted by atomic mass is 32.1. The number of benzene rings is 1. The summed E-state index contributed by atoms with van der Waals surface area (Å²) in [5.74, 6) is -2.17. The van der Waals surface area contributed by atoms with Crippen molar-refractivity contribution in [3.05, 3.63) is 35.9 Å². The fourth-order valence-electron chi connectivity index (χ4n) is 1.99. The summed E-state index contributed by atoms with van der Waals surface area (Å²) in [6, 6.07) is 7.25. The molecule has 0 aliphatic heterocycles. The van der Waals surface area contributed by atoms with Gasteiger partial charge < -0.3 is 15.7 Å². The minimum Gasteiger partial charge on any atom is -0.480 e. The standard InChI is InChI=1S/C16H22N2O4S/c1-10(2)14(16(21)22)18-15(20)12(9-23)17-13(19)8-11-6-4-3-5-7-11/h3-7,10,12,14,23H,8-9H2,1-2H3,(H,17,19)(H,18,20)(H,21,22). The first-order valence-electron chi connectivity index (χ1n) is 7.32. The van der Waals surface area contributed by atoms with E-state index in [0.717, 1.165) is 5.56 Å². The molecule has 2 amide bonds. The molecule has 0 aromatic heterocycles. The lowest BCUT2D eigenvalue weighted by Crippen LogP contribution is -2.54. The predicted molar refractivity (Wildman–Crippen MR) is 90.3 cm³/mol. The number of carboxylic acid groups (broad SMARTS) is 1. The van der Waals surface area contributed by atoms with E-state index >= 15 is 0 Å². The number of thiol groups is 1. The molecule has 3 N–H and O–H groups in total. The third-order valence-corrected chi connectivity index (χ3v) is 3.64. The van der Waals surface area contributed by atoms with Crippen molar-refractivity contribution in [2.24, 2.45) is 5.92 Å². The largest absolute Gasteiger partial charge is 0.480 e. The van der Waals surface area contributed by atoms with E-state index in [1.54, 1.807) is 13.8 Å². The highest BCUT2D eigenvalue weighted by Gasteiger charge is 2.27. The molecule has 0 radical (unpaired) electrons. The van der Waals surface area contributed by atoms with Crippen LogP contribution in [-0.4, -0.2) is 40.7 Å². The van der Waals surface area contributed by atoms with Gasteiger partial charge in [0.1, 0.15) is 12.1 Å². The molecular formula is C16H22N2O4S. The molecule has 1 aromatic carbocycles. The second-order valence-electron chi connectivity index (χ2n) is 5.53. The van der Waals surface area contributed by atoms with E-state index in [2.05, 4.69) is 23.3 Å². The zero-order chi connectivity index (χ0) is 17.4. The van der Waals surface area contributed by atoms with Crippen LogP contribution in [0.15, 0.2) is 30.3 Å². The maximum Gasteiger partial charge on any atom is 0.326 e. The molecule has 6 nitrogen and oxygen atoms in total. The number of nitrogens with one attached hydrogen (secondary N) is 2. The van der Waals surface area contributed by atoms with Crippen LogP contribution in [0.1, 0.15) is 19.4 Å². The first kappa shape index (κ1) is 19.0. The van der Waals surface area contributed by atoms with Gasteiger partial charge in [-0.2, -0.15) is 12.6 Å². The second kappa shape index (κ2) is 9.19. The summed E-state index contributed by atoms with van der Waals surface area (Å²) in [4.78, 5) is 35.3. The highest BCUT2D eigenvalue weighted by Crippen LogP contribution is 2.04. The summed E-state index contributed by atoms with van der Waals surface area (Å²) in [5, 5.41) is 14.1. The lowest BCUT2D eigenvalue weighted by molar-refractivity contribution is -0.143. The van der Waals surface area contributed by atoms with Crippen molar-refractivity contribution in [1.29, 1.82) is 0 Å². The molecule has 0 saturated heterocycles. The van der Waals surface area contributed by atoms with Crippen LogP contribution in [0.5, 0.6) is 0 Å². The summed E-state index contributed by atoms with van der Waals surface area (Å²) in [7, 11) is 0. The van der Waals surface area contributed by atoms with Crippen molar-refractivity contribution in [3.63, 3.8) is 0 Å². The van der Waals surface area contributed by atoms with Crippen LogP contribution in [-0.2, 0) is 20.8 Å². The molecule has 126 valence electrons. The topological polar surface area (TPSA) is 95.5 Å². The molecular weight excluding hydrogens is 316 g/mol. The van der Waals surface area contributed by atoms with Crippen LogP contribution < -0.4 is 10.6 Å². The lowest BCUT2D eigenvalue weighted by Gasteiger charge is -2.22. The maximum absolute atomic E-state index is 12.1. The van der Waals surface area contributed by atoms with Gasteiger partial charge in [-0.05, 0) is 11.5 Å². The van der Waals surface area contributed by atoms with Gasteiger partial charge in [-0.15, -0.1) is 0 Å². The van der Waals surface area contributed by atoms with Crippen LogP contribution in [0.4, 0.5) is 0 Å². The lowest BCUT2D eigenvalue weighted by atomic mass is 10.0. The number of carboxylic acids is 1. The highest BCUT2D eigenvalue weighted by molar-refractivity contribution is 7.80. The van der Waals surface area contributed by atoms with Gasteiger partial charge in [0.2, 0.25) is 11.8 Å². The number of carbonyl (C=O) groups is 3. The van der Waals surface area contributed by atoms with E-state index < -0.39 is 24.0 Å². The van der Waals surface area contributed by atoms with E-state index in [-0.39, 0.29) is 24.0 Å². The van der Waals surface area contributed by atoms with E-state index in [1.807, 2.05) is 30.3 Å². The third kappa shape index (κ3) is 6.32. The minimum atomic E-state index is -1.11. The number of rotatable bonds is 8. The molecule has 2 unspecified atom stereocenters. The maximum atomic E-state index is 12.1. The van der Waals surface area contributed by atoms with Crippen molar-refractivity contribution in [2.45, 2.75) is 32.4 Å². The van der Waals surface area contributed by atoms with E-state index in [4.69, 9.17) is 5.11 Å². The summed E-state index contributed by atoms with van der Waals surface area (Å²) < 4.78 is 0. The molecule has 0 spiro atoms. The Morgan fingerprint density at radius 1 is 1.13 bits per heavy atom. The van der Waals surface area contributed by atoms with Crippen LogP contribution in [0.2, 0.25) is 0 Å². The number of carbonyl (C=O) groups excluding carboxylic acids is 2. The van der Waals surface area contributed by atoms with Crippen LogP contribution in [0.25, 0.3) is 0 Å². The Kier molecular flexibility index (Phi) is 7.61. The normalized spacial score (nSPS) is 13.2. The van der Waals surface area contributed by atoms with Gasteiger partial charge in [-0.1, -0.05) is 44.2 Å². The van der Waals surface area contributed by atoms with Crippen LogP contribution in [0, 0.1) is 5.92 Å². The monoisotopic (exact) mass is 338 g/mol. The zero-order valence-corrected chi connectivity index (χ0v) is 14.0. The predicted octanol–water partition coefficient (Wildman–Crippen LogP) is 0.869. The number of amides is 2. The molecule has 1 aromatic rings. The average molecular weight is 338 g/mol. The van der Waals surface area contributed by atoms with Gasteiger partial charge in [0.25, 0.3) is 0 Å². The van der Waals surface area contributed by atoms with Crippen molar-refractivity contribution < 1.29 is 19.5 Å². The van der Waals surface area contributed by atoms with Gasteiger partial charge in [0, 0.05) is 5.75 Å². The quantitative estimate of drug-likeness (QED) is 0.529.